The van der Waals surface area contributed by atoms with Gasteiger partial charge in [-0.3, -0.25) is 9.59 Å². The smallest absolute Gasteiger partial charge is 0.310 e. The molecule has 0 aliphatic carbocycles. The third-order valence-corrected chi connectivity index (χ3v) is 4.59. The number of hydrogen-bond donors (Lipinski definition) is 1. The van der Waals surface area contributed by atoms with Crippen LogP contribution in [-0.2, 0) is 20.7 Å². The lowest BCUT2D eigenvalue weighted by Gasteiger charge is -2.16. The number of carbonyl (C=O) groups is 2. The minimum absolute atomic E-state index is 0.0241. The van der Waals surface area contributed by atoms with E-state index in [1.807, 2.05) is 39.0 Å². The number of rotatable bonds is 7. The molecule has 0 heterocycles. The molecule has 2 rings (SSSR count). The van der Waals surface area contributed by atoms with Crippen molar-refractivity contribution in [1.82, 2.24) is 5.32 Å². The molecule has 0 saturated carbocycles. The van der Waals surface area contributed by atoms with Crippen LogP contribution in [0.2, 0.25) is 5.02 Å². The molecule has 1 amide bonds. The number of esters is 1. The van der Waals surface area contributed by atoms with E-state index in [1.165, 1.54) is 12.7 Å². The number of amides is 1. The van der Waals surface area contributed by atoms with Gasteiger partial charge in [-0.15, -0.1) is 0 Å². The molecule has 0 aliphatic heterocycles. The number of ether oxygens (including phenoxy) is 2. The van der Waals surface area contributed by atoms with E-state index in [4.69, 9.17) is 21.1 Å². The number of hydrogen-bond acceptors (Lipinski definition) is 4. The van der Waals surface area contributed by atoms with Crippen LogP contribution in [0.4, 0.5) is 0 Å². The first-order chi connectivity index (χ1) is 12.8. The Kier molecular flexibility index (Phi) is 7.25. The highest BCUT2D eigenvalue weighted by atomic mass is 35.5. The third kappa shape index (κ3) is 6.00. The van der Waals surface area contributed by atoms with Crippen molar-refractivity contribution in [3.63, 3.8) is 0 Å². The van der Waals surface area contributed by atoms with Crippen LogP contribution in [-0.4, -0.2) is 25.6 Å². The van der Waals surface area contributed by atoms with Crippen molar-refractivity contribution in [2.24, 2.45) is 0 Å². The molecule has 0 radical (unpaired) electrons. The maximum atomic E-state index is 12.1. The third-order valence-electron chi connectivity index (χ3n) is 4.35. The first kappa shape index (κ1) is 20.8. The first-order valence-corrected chi connectivity index (χ1v) is 9.02. The average Bonchev–Trinajstić information content (AvgIpc) is 2.62. The van der Waals surface area contributed by atoms with E-state index in [9.17, 15) is 9.59 Å². The molecule has 0 aromatic heterocycles. The minimum Gasteiger partial charge on any atom is -0.496 e. The first-order valence-electron chi connectivity index (χ1n) is 8.64. The Labute approximate surface area is 164 Å². The van der Waals surface area contributed by atoms with E-state index in [1.54, 1.807) is 18.2 Å². The Morgan fingerprint density at radius 1 is 1.11 bits per heavy atom. The van der Waals surface area contributed by atoms with Gasteiger partial charge in [-0.1, -0.05) is 29.8 Å². The fourth-order valence-electron chi connectivity index (χ4n) is 2.64. The Morgan fingerprint density at radius 2 is 1.85 bits per heavy atom. The molecule has 2 aromatic carbocycles. The van der Waals surface area contributed by atoms with E-state index in [-0.39, 0.29) is 25.0 Å². The number of methoxy groups -OCH3 is 1. The Hall–Kier alpha value is -2.53. The summed E-state index contributed by atoms with van der Waals surface area (Å²) in [4.78, 5) is 24.1. The molecule has 0 bridgehead atoms. The van der Waals surface area contributed by atoms with Crippen LogP contribution < -0.4 is 10.1 Å². The van der Waals surface area contributed by atoms with Crippen molar-refractivity contribution in [3.8, 4) is 5.75 Å². The highest BCUT2D eigenvalue weighted by Crippen LogP contribution is 2.23. The fourth-order valence-corrected chi connectivity index (χ4v) is 2.83. The second kappa shape index (κ2) is 9.42. The maximum absolute atomic E-state index is 12.1. The summed E-state index contributed by atoms with van der Waals surface area (Å²) in [6, 6.07) is 10.9. The number of aryl methyl sites for hydroxylation is 2. The predicted molar refractivity (Wildman–Crippen MR) is 105 cm³/mol. The molecule has 1 atom stereocenters. The minimum atomic E-state index is -0.524. The number of nitrogens with one attached hydrogen (secondary N) is 1. The standard InChI is InChI=1S/C21H24ClNO4/c1-13-5-6-16(9-14(13)2)15(3)23-20(24)12-27-21(25)11-17-10-18(22)7-8-19(17)26-4/h5-10,15H,11-12H2,1-4H3,(H,23,24)/t15-/m1/s1. The summed E-state index contributed by atoms with van der Waals surface area (Å²) in [5.41, 5.74) is 3.97. The van der Waals surface area contributed by atoms with Crippen molar-refractivity contribution in [3.05, 3.63) is 63.7 Å². The summed E-state index contributed by atoms with van der Waals surface area (Å²) in [5.74, 6) is -0.333. The predicted octanol–water partition coefficient (Wildman–Crippen LogP) is 3.93. The Bertz CT molecular complexity index is 835. The average molecular weight is 390 g/mol. The van der Waals surface area contributed by atoms with Gasteiger partial charge in [-0.05, 0) is 55.7 Å². The van der Waals surface area contributed by atoms with Gasteiger partial charge in [0.15, 0.2) is 6.61 Å². The van der Waals surface area contributed by atoms with E-state index >= 15 is 0 Å². The monoisotopic (exact) mass is 389 g/mol. The van der Waals surface area contributed by atoms with Crippen LogP contribution in [0.3, 0.4) is 0 Å². The van der Waals surface area contributed by atoms with Crippen LogP contribution in [0.1, 0.15) is 35.2 Å². The van der Waals surface area contributed by atoms with Gasteiger partial charge in [-0.2, -0.15) is 0 Å². The molecule has 144 valence electrons. The van der Waals surface area contributed by atoms with Crippen LogP contribution >= 0.6 is 11.6 Å². The largest absolute Gasteiger partial charge is 0.496 e. The molecule has 0 fully saturated rings. The lowest BCUT2D eigenvalue weighted by atomic mass is 10.0. The topological polar surface area (TPSA) is 64.6 Å². The summed E-state index contributed by atoms with van der Waals surface area (Å²) in [5, 5.41) is 3.33. The zero-order chi connectivity index (χ0) is 20.0. The molecule has 0 aliphatic rings. The molecular formula is C21H24ClNO4. The highest BCUT2D eigenvalue weighted by Gasteiger charge is 2.14. The maximum Gasteiger partial charge on any atom is 0.310 e. The number of carbonyl (C=O) groups excluding carboxylic acids is 2. The van der Waals surface area contributed by atoms with Crippen molar-refractivity contribution in [2.75, 3.05) is 13.7 Å². The van der Waals surface area contributed by atoms with Gasteiger partial charge in [0.05, 0.1) is 19.6 Å². The van der Waals surface area contributed by atoms with Gasteiger partial charge in [0.2, 0.25) is 0 Å². The van der Waals surface area contributed by atoms with E-state index < -0.39 is 5.97 Å². The van der Waals surface area contributed by atoms with Gasteiger partial charge in [0.1, 0.15) is 5.75 Å². The molecule has 0 unspecified atom stereocenters. The van der Waals surface area contributed by atoms with Crippen LogP contribution in [0.25, 0.3) is 0 Å². The van der Waals surface area contributed by atoms with E-state index in [2.05, 4.69) is 5.32 Å². The zero-order valence-corrected chi connectivity index (χ0v) is 16.7. The molecule has 5 nitrogen and oxygen atoms in total. The second-order valence-electron chi connectivity index (χ2n) is 6.43. The number of benzene rings is 2. The fraction of sp³-hybridized carbons (Fsp3) is 0.333. The molecule has 1 N–H and O–H groups in total. The quantitative estimate of drug-likeness (QED) is 0.729. The van der Waals surface area contributed by atoms with Crippen LogP contribution in [0.5, 0.6) is 5.75 Å². The normalized spacial score (nSPS) is 11.6. The molecular weight excluding hydrogens is 366 g/mol. The van der Waals surface area contributed by atoms with Gasteiger partial charge in [-0.25, -0.2) is 0 Å². The summed E-state index contributed by atoms with van der Waals surface area (Å²) in [6.45, 7) is 5.62. The van der Waals surface area contributed by atoms with Crippen LogP contribution in [0, 0.1) is 13.8 Å². The van der Waals surface area contributed by atoms with Gasteiger partial charge in [0.25, 0.3) is 5.91 Å². The Balaban J connectivity index is 1.87. The summed E-state index contributed by atoms with van der Waals surface area (Å²) in [6.07, 6.45) is -0.0241. The van der Waals surface area contributed by atoms with Crippen molar-refractivity contribution in [2.45, 2.75) is 33.2 Å². The summed E-state index contributed by atoms with van der Waals surface area (Å²) >= 11 is 5.95. The summed E-state index contributed by atoms with van der Waals surface area (Å²) in [7, 11) is 1.51. The Morgan fingerprint density at radius 3 is 2.52 bits per heavy atom. The number of halogens is 1. The molecule has 6 heteroatoms. The summed E-state index contributed by atoms with van der Waals surface area (Å²) < 4.78 is 10.3. The van der Waals surface area contributed by atoms with Crippen molar-refractivity contribution in [1.29, 1.82) is 0 Å². The molecule has 27 heavy (non-hydrogen) atoms. The second-order valence-corrected chi connectivity index (χ2v) is 6.86. The van der Waals surface area contributed by atoms with E-state index in [0.29, 0.717) is 16.3 Å². The highest BCUT2D eigenvalue weighted by molar-refractivity contribution is 6.30. The van der Waals surface area contributed by atoms with Crippen molar-refractivity contribution < 1.29 is 19.1 Å². The van der Waals surface area contributed by atoms with Gasteiger partial charge < -0.3 is 14.8 Å². The van der Waals surface area contributed by atoms with Gasteiger partial charge >= 0.3 is 5.97 Å². The lowest BCUT2D eigenvalue weighted by Crippen LogP contribution is -2.31. The van der Waals surface area contributed by atoms with Crippen LogP contribution in [0.15, 0.2) is 36.4 Å². The zero-order valence-electron chi connectivity index (χ0n) is 16.0. The molecule has 2 aromatic rings. The molecule has 0 spiro atoms. The van der Waals surface area contributed by atoms with Gasteiger partial charge in [0, 0.05) is 10.6 Å². The lowest BCUT2D eigenvalue weighted by molar-refractivity contribution is -0.148. The molecule has 0 saturated heterocycles. The SMILES string of the molecule is COc1ccc(Cl)cc1CC(=O)OCC(=O)N[C@H](C)c1ccc(C)c(C)c1. The van der Waals surface area contributed by atoms with E-state index in [0.717, 1.165) is 11.1 Å². The van der Waals surface area contributed by atoms with Crippen molar-refractivity contribution >= 4 is 23.5 Å².